The van der Waals surface area contributed by atoms with Crippen LogP contribution in [0.15, 0.2) is 22.1 Å². The van der Waals surface area contributed by atoms with Crippen LogP contribution in [0.4, 0.5) is 5.82 Å². The summed E-state index contributed by atoms with van der Waals surface area (Å²) in [5.41, 5.74) is 0.647. The van der Waals surface area contributed by atoms with Crippen molar-refractivity contribution in [2.24, 2.45) is 0 Å². The number of hydrogen-bond donors (Lipinski definition) is 2. The number of amides is 1. The summed E-state index contributed by atoms with van der Waals surface area (Å²) in [6.07, 6.45) is 5.33. The molecule has 28 heavy (non-hydrogen) atoms. The van der Waals surface area contributed by atoms with Crippen LogP contribution in [-0.4, -0.2) is 43.0 Å². The molecule has 2 N–H and O–H groups in total. The molecule has 1 aromatic heterocycles. The van der Waals surface area contributed by atoms with Crippen LogP contribution in [0.2, 0.25) is 0 Å². The van der Waals surface area contributed by atoms with Crippen molar-refractivity contribution in [2.75, 3.05) is 32.4 Å². The number of hydrogen-bond acceptors (Lipinski definition) is 7. The van der Waals surface area contributed by atoms with E-state index in [0.717, 1.165) is 0 Å². The molecule has 1 aliphatic heterocycles. The number of nitrogens with one attached hydrogen (secondary N) is 2. The van der Waals surface area contributed by atoms with Crippen LogP contribution in [0, 0.1) is 12.3 Å². The number of fused-ring (bicyclic) bond motifs is 1. The number of methoxy groups -OCH3 is 3. The Bertz CT molecular complexity index is 1010. The van der Waals surface area contributed by atoms with Crippen molar-refractivity contribution in [3.63, 3.8) is 0 Å². The maximum atomic E-state index is 12.8. The van der Waals surface area contributed by atoms with Gasteiger partial charge in [-0.15, -0.1) is 6.42 Å². The van der Waals surface area contributed by atoms with Crippen LogP contribution in [0.3, 0.4) is 0 Å². The average molecular weight is 401 g/mol. The minimum Gasteiger partial charge on any atom is -0.496 e. The molecular weight excluding hydrogens is 382 g/mol. The molecule has 0 saturated carbocycles. The summed E-state index contributed by atoms with van der Waals surface area (Å²) in [7, 11) is 4.54. The molecule has 8 nitrogen and oxygen atoms in total. The minimum absolute atomic E-state index is 0.0699. The molecule has 1 aromatic carbocycles. The van der Waals surface area contributed by atoms with E-state index in [1.54, 1.807) is 12.1 Å². The fourth-order valence-corrected chi connectivity index (χ4v) is 3.66. The van der Waals surface area contributed by atoms with Gasteiger partial charge in [0.1, 0.15) is 11.6 Å². The highest BCUT2D eigenvalue weighted by Gasteiger charge is 2.33. The van der Waals surface area contributed by atoms with Gasteiger partial charge >= 0.3 is 0 Å². The van der Waals surface area contributed by atoms with Crippen molar-refractivity contribution in [1.82, 2.24) is 9.97 Å². The van der Waals surface area contributed by atoms with E-state index in [-0.39, 0.29) is 23.7 Å². The SMILES string of the molecule is C#CCSc1nc2c(c(=O)[nH]1)[C@H](c1cc(OC)c(OC)cc1OC)CC(=O)N2. The Kier molecular flexibility index (Phi) is 5.80. The third-order valence-corrected chi connectivity index (χ3v) is 5.11. The molecule has 0 unspecified atom stereocenters. The third kappa shape index (κ3) is 3.64. The molecule has 0 saturated heterocycles. The number of anilines is 1. The first-order valence-corrected chi connectivity index (χ1v) is 9.31. The molecule has 0 fully saturated rings. The largest absolute Gasteiger partial charge is 0.496 e. The number of aromatic amines is 1. The Morgan fingerprint density at radius 1 is 1.18 bits per heavy atom. The summed E-state index contributed by atoms with van der Waals surface area (Å²) in [6, 6.07) is 3.38. The maximum absolute atomic E-state index is 12.8. The van der Waals surface area contributed by atoms with Gasteiger partial charge in [0.25, 0.3) is 5.56 Å². The number of carbonyl (C=O) groups excluding carboxylic acids is 1. The zero-order valence-electron chi connectivity index (χ0n) is 15.6. The molecule has 1 atom stereocenters. The first-order chi connectivity index (χ1) is 13.5. The van der Waals surface area contributed by atoms with Crippen molar-refractivity contribution in [3.8, 4) is 29.6 Å². The quantitative estimate of drug-likeness (QED) is 0.434. The summed E-state index contributed by atoms with van der Waals surface area (Å²) < 4.78 is 16.2. The molecule has 2 heterocycles. The lowest BCUT2D eigenvalue weighted by Crippen LogP contribution is -2.31. The van der Waals surface area contributed by atoms with Crippen LogP contribution >= 0.6 is 11.8 Å². The molecule has 1 aliphatic rings. The van der Waals surface area contributed by atoms with Gasteiger partial charge in [-0.05, 0) is 6.07 Å². The van der Waals surface area contributed by atoms with Crippen LogP contribution in [0.25, 0.3) is 0 Å². The fourth-order valence-electron chi connectivity index (χ4n) is 3.12. The number of terminal acetylenes is 1. The van der Waals surface area contributed by atoms with E-state index in [2.05, 4.69) is 21.2 Å². The number of aromatic nitrogens is 2. The lowest BCUT2D eigenvalue weighted by Gasteiger charge is -2.26. The van der Waals surface area contributed by atoms with Gasteiger partial charge in [-0.1, -0.05) is 17.7 Å². The minimum atomic E-state index is -0.554. The number of H-pyrrole nitrogens is 1. The summed E-state index contributed by atoms with van der Waals surface area (Å²) in [4.78, 5) is 32.2. The van der Waals surface area contributed by atoms with Crippen molar-refractivity contribution >= 4 is 23.5 Å². The lowest BCUT2D eigenvalue weighted by molar-refractivity contribution is -0.116. The standard InChI is InChI=1S/C19H19N3O5S/c1-5-6-28-19-21-17-16(18(24)22-19)11(8-15(23)20-17)10-7-13(26-3)14(27-4)9-12(10)25-2/h1,7,9,11H,6,8H2,2-4H3,(H2,20,21,22,23,24)/t11-/m0/s1. The molecule has 3 rings (SSSR count). The molecule has 0 spiro atoms. The van der Waals surface area contributed by atoms with E-state index >= 15 is 0 Å². The Hall–Kier alpha value is -3.12. The van der Waals surface area contributed by atoms with Gasteiger partial charge in [0, 0.05) is 24.0 Å². The first kappa shape index (κ1) is 19.6. The fraction of sp³-hybridized carbons (Fsp3) is 0.316. The maximum Gasteiger partial charge on any atom is 0.257 e. The van der Waals surface area contributed by atoms with Crippen LogP contribution in [-0.2, 0) is 4.79 Å². The zero-order valence-corrected chi connectivity index (χ0v) is 16.4. The molecular formula is C19H19N3O5S. The topological polar surface area (TPSA) is 103 Å². The van der Waals surface area contributed by atoms with Gasteiger partial charge in [-0.2, -0.15) is 0 Å². The molecule has 9 heteroatoms. The second-order valence-corrected chi connectivity index (χ2v) is 6.84. The van der Waals surface area contributed by atoms with Gasteiger partial charge in [0.05, 0.1) is 32.6 Å². The normalized spacial score (nSPS) is 15.2. The average Bonchev–Trinajstić information content (AvgIpc) is 2.70. The molecule has 0 bridgehead atoms. The molecule has 0 radical (unpaired) electrons. The second-order valence-electron chi connectivity index (χ2n) is 5.88. The summed E-state index contributed by atoms with van der Waals surface area (Å²) >= 11 is 1.21. The van der Waals surface area contributed by atoms with Gasteiger partial charge in [-0.25, -0.2) is 4.98 Å². The number of carbonyl (C=O) groups is 1. The Morgan fingerprint density at radius 2 is 1.86 bits per heavy atom. The van der Waals surface area contributed by atoms with Crippen molar-refractivity contribution in [3.05, 3.63) is 33.6 Å². The van der Waals surface area contributed by atoms with Gasteiger partial charge in [0.2, 0.25) is 5.91 Å². The van der Waals surface area contributed by atoms with E-state index in [9.17, 15) is 9.59 Å². The number of rotatable bonds is 6. The highest BCUT2D eigenvalue weighted by molar-refractivity contribution is 7.99. The van der Waals surface area contributed by atoms with Gasteiger partial charge in [0.15, 0.2) is 16.7 Å². The monoisotopic (exact) mass is 401 g/mol. The predicted octanol–water partition coefficient (Wildman–Crippen LogP) is 2.00. The van der Waals surface area contributed by atoms with Gasteiger partial charge in [-0.3, -0.25) is 9.59 Å². The van der Waals surface area contributed by atoms with E-state index < -0.39 is 5.92 Å². The zero-order chi connectivity index (χ0) is 20.3. The van der Waals surface area contributed by atoms with Crippen molar-refractivity contribution < 1.29 is 19.0 Å². The van der Waals surface area contributed by atoms with Crippen molar-refractivity contribution in [2.45, 2.75) is 17.5 Å². The highest BCUT2D eigenvalue weighted by atomic mass is 32.2. The van der Waals surface area contributed by atoms with Crippen molar-refractivity contribution in [1.29, 1.82) is 0 Å². The van der Waals surface area contributed by atoms with E-state index in [1.807, 2.05) is 0 Å². The van der Waals surface area contributed by atoms with Crippen LogP contribution in [0.1, 0.15) is 23.5 Å². The third-order valence-electron chi connectivity index (χ3n) is 4.33. The van der Waals surface area contributed by atoms with Gasteiger partial charge < -0.3 is 24.5 Å². The Labute approximate surface area is 166 Å². The first-order valence-electron chi connectivity index (χ1n) is 8.32. The molecule has 2 aromatic rings. The Morgan fingerprint density at radius 3 is 2.50 bits per heavy atom. The Balaban J connectivity index is 2.16. The summed E-state index contributed by atoms with van der Waals surface area (Å²) in [5, 5.41) is 3.02. The number of nitrogens with zero attached hydrogens (tertiary/aromatic N) is 1. The summed E-state index contributed by atoms with van der Waals surface area (Å²) in [6.45, 7) is 0. The predicted molar refractivity (Wildman–Crippen MR) is 106 cm³/mol. The van der Waals surface area contributed by atoms with E-state index in [0.29, 0.717) is 39.3 Å². The summed E-state index contributed by atoms with van der Waals surface area (Å²) in [5.74, 6) is 3.67. The number of ether oxygens (including phenoxy) is 3. The van der Waals surface area contributed by atoms with Crippen LogP contribution < -0.4 is 25.1 Å². The smallest absolute Gasteiger partial charge is 0.257 e. The second kappa shape index (κ2) is 8.27. The molecule has 1 amide bonds. The number of benzene rings is 1. The number of thioether (sulfide) groups is 1. The van der Waals surface area contributed by atoms with Crippen LogP contribution in [0.5, 0.6) is 17.2 Å². The van der Waals surface area contributed by atoms with E-state index in [4.69, 9.17) is 20.6 Å². The molecule has 0 aliphatic carbocycles. The van der Waals surface area contributed by atoms with E-state index in [1.165, 1.54) is 33.1 Å². The lowest BCUT2D eigenvalue weighted by atomic mass is 9.86. The highest BCUT2D eigenvalue weighted by Crippen LogP contribution is 2.43. The molecule has 146 valence electrons.